The quantitative estimate of drug-likeness (QED) is 0.871. The van der Waals surface area contributed by atoms with E-state index < -0.39 is 6.10 Å². The maximum Gasteiger partial charge on any atom is 0.223 e. The lowest BCUT2D eigenvalue weighted by atomic mass is 10.1. The van der Waals surface area contributed by atoms with Crippen molar-refractivity contribution in [3.63, 3.8) is 0 Å². The van der Waals surface area contributed by atoms with Gasteiger partial charge in [-0.25, -0.2) is 0 Å². The van der Waals surface area contributed by atoms with Gasteiger partial charge in [0.1, 0.15) is 0 Å². The molecule has 1 aromatic carbocycles. The highest BCUT2D eigenvalue weighted by molar-refractivity contribution is 6.31. The number of halogens is 1. The Labute approximate surface area is 119 Å². The Morgan fingerprint density at radius 1 is 1.47 bits per heavy atom. The maximum absolute atomic E-state index is 12.0. The molecule has 0 aliphatic heterocycles. The SMILES string of the molecule is CC(C)C(O)CNC(=O)C1CC1c1ccccc1Cl. The summed E-state index contributed by atoms with van der Waals surface area (Å²) < 4.78 is 0. The van der Waals surface area contributed by atoms with Crippen LogP contribution in [0.3, 0.4) is 0 Å². The zero-order chi connectivity index (χ0) is 14.0. The third-order valence-corrected chi connectivity index (χ3v) is 4.03. The summed E-state index contributed by atoms with van der Waals surface area (Å²) >= 11 is 6.13. The average molecular weight is 282 g/mol. The summed E-state index contributed by atoms with van der Waals surface area (Å²) in [5.41, 5.74) is 1.05. The highest BCUT2D eigenvalue weighted by Crippen LogP contribution is 2.49. The molecule has 0 radical (unpaired) electrons. The predicted octanol–water partition coefficient (Wildman–Crippen LogP) is 2.58. The van der Waals surface area contributed by atoms with Crippen molar-refractivity contribution in [2.75, 3.05) is 6.54 Å². The van der Waals surface area contributed by atoms with Crippen molar-refractivity contribution < 1.29 is 9.90 Å². The largest absolute Gasteiger partial charge is 0.391 e. The molecule has 19 heavy (non-hydrogen) atoms. The molecule has 3 nitrogen and oxygen atoms in total. The van der Waals surface area contributed by atoms with Gasteiger partial charge >= 0.3 is 0 Å². The van der Waals surface area contributed by atoms with Crippen LogP contribution in [0.25, 0.3) is 0 Å². The topological polar surface area (TPSA) is 49.3 Å². The Bertz CT molecular complexity index is 461. The predicted molar refractivity (Wildman–Crippen MR) is 76.2 cm³/mol. The Hall–Kier alpha value is -1.06. The second-order valence-electron chi connectivity index (χ2n) is 5.53. The standard InChI is InChI=1S/C15H20ClNO2/c1-9(2)14(18)8-17-15(19)12-7-11(12)10-5-3-4-6-13(10)16/h3-6,9,11-12,14,18H,7-8H2,1-2H3,(H,17,19). The second-order valence-corrected chi connectivity index (χ2v) is 5.93. The number of benzene rings is 1. The van der Waals surface area contributed by atoms with Gasteiger partial charge in [0.15, 0.2) is 0 Å². The maximum atomic E-state index is 12.0. The number of nitrogens with one attached hydrogen (secondary N) is 1. The van der Waals surface area contributed by atoms with Crippen LogP contribution in [-0.2, 0) is 4.79 Å². The number of hydrogen-bond donors (Lipinski definition) is 2. The van der Waals surface area contributed by atoms with Gasteiger partial charge in [0.2, 0.25) is 5.91 Å². The molecule has 1 aliphatic carbocycles. The van der Waals surface area contributed by atoms with Crippen LogP contribution < -0.4 is 5.32 Å². The average Bonchev–Trinajstić information content (AvgIpc) is 3.16. The Kier molecular flexibility index (Phi) is 4.48. The van der Waals surface area contributed by atoms with Crippen molar-refractivity contribution in [2.24, 2.45) is 11.8 Å². The van der Waals surface area contributed by atoms with Crippen LogP contribution in [0.5, 0.6) is 0 Å². The van der Waals surface area contributed by atoms with E-state index in [1.54, 1.807) is 0 Å². The Morgan fingerprint density at radius 3 is 2.79 bits per heavy atom. The van der Waals surface area contributed by atoms with E-state index in [1.165, 1.54) is 0 Å². The van der Waals surface area contributed by atoms with Gasteiger partial charge in [-0.2, -0.15) is 0 Å². The highest BCUT2D eigenvalue weighted by Gasteiger charge is 2.44. The fourth-order valence-corrected chi connectivity index (χ4v) is 2.45. The smallest absolute Gasteiger partial charge is 0.223 e. The van der Waals surface area contributed by atoms with Gasteiger partial charge in [-0.15, -0.1) is 0 Å². The summed E-state index contributed by atoms with van der Waals surface area (Å²) in [5.74, 6) is 0.396. The Morgan fingerprint density at radius 2 is 2.16 bits per heavy atom. The van der Waals surface area contributed by atoms with Crippen LogP contribution in [0.1, 0.15) is 31.7 Å². The minimum absolute atomic E-state index is 0.000683. The van der Waals surface area contributed by atoms with Crippen molar-refractivity contribution >= 4 is 17.5 Å². The molecule has 1 saturated carbocycles. The molecule has 0 spiro atoms. The molecule has 0 heterocycles. The first-order valence-corrected chi connectivity index (χ1v) is 7.08. The van der Waals surface area contributed by atoms with E-state index >= 15 is 0 Å². The zero-order valence-corrected chi connectivity index (χ0v) is 12.0. The molecule has 0 bridgehead atoms. The molecule has 2 N–H and O–H groups in total. The first kappa shape index (κ1) is 14.4. The number of carbonyl (C=O) groups is 1. The lowest BCUT2D eigenvalue weighted by molar-refractivity contribution is -0.123. The lowest BCUT2D eigenvalue weighted by Gasteiger charge is -2.15. The van der Waals surface area contributed by atoms with E-state index in [-0.39, 0.29) is 23.7 Å². The second kappa shape index (κ2) is 5.93. The molecule has 104 valence electrons. The van der Waals surface area contributed by atoms with Gasteiger partial charge in [-0.05, 0) is 29.9 Å². The third-order valence-electron chi connectivity index (χ3n) is 3.69. The number of rotatable bonds is 5. The summed E-state index contributed by atoms with van der Waals surface area (Å²) in [4.78, 5) is 12.0. The van der Waals surface area contributed by atoms with Crippen LogP contribution in [-0.4, -0.2) is 23.7 Å². The summed E-state index contributed by atoms with van der Waals surface area (Å²) in [6.45, 7) is 4.18. The summed E-state index contributed by atoms with van der Waals surface area (Å²) in [7, 11) is 0. The van der Waals surface area contributed by atoms with Crippen molar-refractivity contribution in [1.29, 1.82) is 0 Å². The Balaban J connectivity index is 1.86. The van der Waals surface area contributed by atoms with Crippen LogP contribution in [0.2, 0.25) is 5.02 Å². The molecule has 0 aromatic heterocycles. The van der Waals surface area contributed by atoms with E-state index in [0.29, 0.717) is 6.54 Å². The highest BCUT2D eigenvalue weighted by atomic mass is 35.5. The van der Waals surface area contributed by atoms with Crippen LogP contribution >= 0.6 is 11.6 Å². The zero-order valence-electron chi connectivity index (χ0n) is 11.3. The number of amides is 1. The number of aliphatic hydroxyl groups excluding tert-OH is 1. The van der Waals surface area contributed by atoms with Gasteiger partial charge in [-0.1, -0.05) is 43.6 Å². The van der Waals surface area contributed by atoms with Gasteiger partial charge < -0.3 is 10.4 Å². The molecular weight excluding hydrogens is 262 g/mol. The lowest BCUT2D eigenvalue weighted by Crippen LogP contribution is -2.35. The molecular formula is C15H20ClNO2. The molecule has 3 unspecified atom stereocenters. The molecule has 0 saturated heterocycles. The van der Waals surface area contributed by atoms with Crippen molar-refractivity contribution in [1.82, 2.24) is 5.32 Å². The fourth-order valence-electron chi connectivity index (χ4n) is 2.18. The van der Waals surface area contributed by atoms with Crippen molar-refractivity contribution in [2.45, 2.75) is 32.3 Å². The van der Waals surface area contributed by atoms with E-state index in [2.05, 4.69) is 5.32 Å². The molecule has 2 rings (SSSR count). The van der Waals surface area contributed by atoms with Crippen LogP contribution in [0.4, 0.5) is 0 Å². The summed E-state index contributed by atoms with van der Waals surface area (Å²) in [5, 5.41) is 13.2. The van der Waals surface area contributed by atoms with Gasteiger partial charge in [0, 0.05) is 17.5 Å². The van der Waals surface area contributed by atoms with Crippen LogP contribution in [0.15, 0.2) is 24.3 Å². The minimum atomic E-state index is -0.485. The normalized spacial score (nSPS) is 23.2. The number of aliphatic hydroxyl groups is 1. The van der Waals surface area contributed by atoms with E-state index in [0.717, 1.165) is 17.0 Å². The summed E-state index contributed by atoms with van der Waals surface area (Å²) in [6.07, 6.45) is 0.356. The van der Waals surface area contributed by atoms with Gasteiger partial charge in [0.05, 0.1) is 6.10 Å². The monoisotopic (exact) mass is 281 g/mol. The third kappa shape index (κ3) is 3.48. The van der Waals surface area contributed by atoms with Crippen LogP contribution in [0, 0.1) is 11.8 Å². The molecule has 1 aromatic rings. The number of hydrogen-bond acceptors (Lipinski definition) is 2. The van der Waals surface area contributed by atoms with E-state index in [4.69, 9.17) is 11.6 Å². The first-order chi connectivity index (χ1) is 9.00. The molecule has 1 amide bonds. The molecule has 4 heteroatoms. The van der Waals surface area contributed by atoms with E-state index in [9.17, 15) is 9.90 Å². The summed E-state index contributed by atoms with van der Waals surface area (Å²) in [6, 6.07) is 7.66. The minimum Gasteiger partial charge on any atom is -0.391 e. The first-order valence-electron chi connectivity index (χ1n) is 6.71. The van der Waals surface area contributed by atoms with E-state index in [1.807, 2.05) is 38.1 Å². The molecule has 1 aliphatic rings. The van der Waals surface area contributed by atoms with Crippen molar-refractivity contribution in [3.05, 3.63) is 34.9 Å². The molecule has 1 fully saturated rings. The van der Waals surface area contributed by atoms with Gasteiger partial charge in [-0.3, -0.25) is 4.79 Å². The fraction of sp³-hybridized carbons (Fsp3) is 0.533. The molecule has 3 atom stereocenters. The number of carbonyl (C=O) groups excluding carboxylic acids is 1. The van der Waals surface area contributed by atoms with Gasteiger partial charge in [0.25, 0.3) is 0 Å². The van der Waals surface area contributed by atoms with Crippen molar-refractivity contribution in [3.8, 4) is 0 Å².